The maximum atomic E-state index is 9.66. The molecule has 1 aliphatic rings. The van der Waals surface area contributed by atoms with Gasteiger partial charge in [-0.2, -0.15) is 0 Å². The second kappa shape index (κ2) is 5.66. The minimum Gasteiger partial charge on any atom is -0.393 e. The molecule has 0 aliphatic heterocycles. The van der Waals surface area contributed by atoms with Gasteiger partial charge in [-0.15, -0.1) is 5.10 Å². The highest BCUT2D eigenvalue weighted by Gasteiger charge is 2.23. The summed E-state index contributed by atoms with van der Waals surface area (Å²) in [5, 5.41) is 17.8. The molecule has 1 aliphatic carbocycles. The van der Waals surface area contributed by atoms with Crippen LogP contribution in [0.25, 0.3) is 16.9 Å². The first-order valence-corrected chi connectivity index (χ1v) is 8.05. The molecule has 2 heterocycles. The molecule has 4 rings (SSSR count). The van der Waals surface area contributed by atoms with Crippen molar-refractivity contribution >= 4 is 11.5 Å². The summed E-state index contributed by atoms with van der Waals surface area (Å²) in [7, 11) is 0. The molecular formula is C18H20N4O. The quantitative estimate of drug-likeness (QED) is 0.781. The van der Waals surface area contributed by atoms with Crippen molar-refractivity contribution in [3.8, 4) is 11.3 Å². The Balaban J connectivity index is 1.69. The van der Waals surface area contributed by atoms with Gasteiger partial charge in [0.2, 0.25) is 0 Å². The van der Waals surface area contributed by atoms with Gasteiger partial charge < -0.3 is 10.4 Å². The average molecular weight is 308 g/mol. The zero-order valence-corrected chi connectivity index (χ0v) is 13.1. The van der Waals surface area contributed by atoms with Gasteiger partial charge in [0.1, 0.15) is 5.82 Å². The van der Waals surface area contributed by atoms with Gasteiger partial charge in [0.15, 0.2) is 5.65 Å². The molecule has 0 radical (unpaired) electrons. The van der Waals surface area contributed by atoms with Crippen LogP contribution in [0.5, 0.6) is 0 Å². The molecule has 0 spiro atoms. The summed E-state index contributed by atoms with van der Waals surface area (Å²) < 4.78 is 1.88. The van der Waals surface area contributed by atoms with Crippen LogP contribution in [0.1, 0.15) is 24.8 Å². The van der Waals surface area contributed by atoms with E-state index in [1.807, 2.05) is 28.9 Å². The largest absolute Gasteiger partial charge is 0.393 e. The van der Waals surface area contributed by atoms with E-state index in [0.717, 1.165) is 42.0 Å². The standard InChI is InChI=1S/C18H20N4O/c1-12-3-2-4-13(9-12)16-11-19-18-8-7-17(21-22(16)18)20-14-5-6-15(23)10-14/h2-4,7-9,11,14-15,23H,5-6,10H2,1H3,(H,20,21)/t14-,15-/m1/s1. The second-order valence-electron chi connectivity index (χ2n) is 6.31. The fourth-order valence-corrected chi connectivity index (χ4v) is 3.25. The summed E-state index contributed by atoms with van der Waals surface area (Å²) in [4.78, 5) is 4.44. The van der Waals surface area contributed by atoms with Crippen molar-refractivity contribution in [3.05, 3.63) is 48.2 Å². The van der Waals surface area contributed by atoms with Crippen molar-refractivity contribution in [1.82, 2.24) is 14.6 Å². The highest BCUT2D eigenvalue weighted by atomic mass is 16.3. The number of imidazole rings is 1. The molecule has 2 atom stereocenters. The molecule has 2 aromatic heterocycles. The van der Waals surface area contributed by atoms with Crippen LogP contribution in [0.4, 0.5) is 5.82 Å². The van der Waals surface area contributed by atoms with E-state index in [1.54, 1.807) is 0 Å². The lowest BCUT2D eigenvalue weighted by atomic mass is 10.1. The maximum Gasteiger partial charge on any atom is 0.154 e. The first-order chi connectivity index (χ1) is 11.2. The van der Waals surface area contributed by atoms with Crippen LogP contribution in [-0.2, 0) is 0 Å². The molecule has 5 heteroatoms. The Morgan fingerprint density at radius 2 is 2.13 bits per heavy atom. The highest BCUT2D eigenvalue weighted by molar-refractivity contribution is 5.64. The number of aliphatic hydroxyl groups is 1. The van der Waals surface area contributed by atoms with Gasteiger partial charge in [0.25, 0.3) is 0 Å². The van der Waals surface area contributed by atoms with E-state index >= 15 is 0 Å². The minimum atomic E-state index is -0.188. The summed E-state index contributed by atoms with van der Waals surface area (Å²) in [6.45, 7) is 2.08. The first kappa shape index (κ1) is 14.2. The van der Waals surface area contributed by atoms with Crippen LogP contribution in [0.15, 0.2) is 42.6 Å². The Morgan fingerprint density at radius 3 is 2.91 bits per heavy atom. The third-order valence-electron chi connectivity index (χ3n) is 4.43. The van der Waals surface area contributed by atoms with E-state index in [-0.39, 0.29) is 6.10 Å². The number of nitrogens with zero attached hydrogens (tertiary/aromatic N) is 3. The number of aliphatic hydroxyl groups excluding tert-OH is 1. The monoisotopic (exact) mass is 308 g/mol. The Bertz CT molecular complexity index is 842. The minimum absolute atomic E-state index is 0.188. The fourth-order valence-electron chi connectivity index (χ4n) is 3.25. The van der Waals surface area contributed by atoms with Crippen molar-refractivity contribution in [2.45, 2.75) is 38.3 Å². The van der Waals surface area contributed by atoms with E-state index in [9.17, 15) is 5.11 Å². The molecule has 0 amide bonds. The average Bonchev–Trinajstić information content (AvgIpc) is 3.13. The van der Waals surface area contributed by atoms with E-state index in [2.05, 4.69) is 35.4 Å². The van der Waals surface area contributed by atoms with Crippen molar-refractivity contribution in [2.24, 2.45) is 0 Å². The Kier molecular flexibility index (Phi) is 3.50. The molecule has 1 saturated carbocycles. The lowest BCUT2D eigenvalue weighted by Crippen LogP contribution is -2.18. The zero-order chi connectivity index (χ0) is 15.8. The first-order valence-electron chi connectivity index (χ1n) is 8.05. The zero-order valence-electron chi connectivity index (χ0n) is 13.1. The molecule has 0 unspecified atom stereocenters. The second-order valence-corrected chi connectivity index (χ2v) is 6.31. The van der Waals surface area contributed by atoms with Crippen LogP contribution in [0.2, 0.25) is 0 Å². The summed E-state index contributed by atoms with van der Waals surface area (Å²) in [5.74, 6) is 0.823. The molecule has 3 aromatic rings. The predicted molar refractivity (Wildman–Crippen MR) is 90.4 cm³/mol. The van der Waals surface area contributed by atoms with E-state index in [4.69, 9.17) is 5.10 Å². The smallest absolute Gasteiger partial charge is 0.154 e. The van der Waals surface area contributed by atoms with Crippen LogP contribution >= 0.6 is 0 Å². The molecule has 2 N–H and O–H groups in total. The van der Waals surface area contributed by atoms with Gasteiger partial charge in [0, 0.05) is 11.6 Å². The molecule has 0 saturated heterocycles. The third-order valence-corrected chi connectivity index (χ3v) is 4.43. The summed E-state index contributed by atoms with van der Waals surface area (Å²) in [6, 6.07) is 12.6. The topological polar surface area (TPSA) is 62.5 Å². The van der Waals surface area contributed by atoms with Crippen LogP contribution < -0.4 is 5.32 Å². The third kappa shape index (κ3) is 2.80. The highest BCUT2D eigenvalue weighted by Crippen LogP contribution is 2.24. The number of rotatable bonds is 3. The van der Waals surface area contributed by atoms with Gasteiger partial charge in [-0.05, 0) is 44.4 Å². The Hall–Kier alpha value is -2.40. The number of hydrogen-bond donors (Lipinski definition) is 2. The lowest BCUT2D eigenvalue weighted by molar-refractivity contribution is 0.182. The van der Waals surface area contributed by atoms with E-state index in [0.29, 0.717) is 6.04 Å². The Morgan fingerprint density at radius 1 is 1.22 bits per heavy atom. The molecule has 5 nitrogen and oxygen atoms in total. The van der Waals surface area contributed by atoms with Gasteiger partial charge in [0.05, 0.1) is 18.0 Å². The summed E-state index contributed by atoms with van der Waals surface area (Å²) >= 11 is 0. The van der Waals surface area contributed by atoms with Crippen molar-refractivity contribution in [2.75, 3.05) is 5.32 Å². The van der Waals surface area contributed by atoms with E-state index in [1.165, 1.54) is 5.56 Å². The maximum absolute atomic E-state index is 9.66. The van der Waals surface area contributed by atoms with Crippen LogP contribution in [0, 0.1) is 6.92 Å². The normalized spacial score (nSPS) is 21.0. The number of hydrogen-bond acceptors (Lipinski definition) is 4. The summed E-state index contributed by atoms with van der Waals surface area (Å²) in [5.41, 5.74) is 4.14. The molecule has 118 valence electrons. The SMILES string of the molecule is Cc1cccc(-c2cnc3ccc(N[C@@H]4CC[C@@H](O)C4)nn23)c1. The Labute approximate surface area is 135 Å². The number of aryl methyl sites for hydroxylation is 1. The van der Waals surface area contributed by atoms with E-state index < -0.39 is 0 Å². The van der Waals surface area contributed by atoms with Gasteiger partial charge >= 0.3 is 0 Å². The molecule has 1 fully saturated rings. The molecule has 23 heavy (non-hydrogen) atoms. The molecule has 1 aromatic carbocycles. The van der Waals surface area contributed by atoms with Crippen molar-refractivity contribution < 1.29 is 5.11 Å². The summed E-state index contributed by atoms with van der Waals surface area (Å²) in [6.07, 6.45) is 4.30. The van der Waals surface area contributed by atoms with Gasteiger partial charge in [-0.1, -0.05) is 23.8 Å². The number of nitrogens with one attached hydrogen (secondary N) is 1. The number of aromatic nitrogens is 3. The van der Waals surface area contributed by atoms with Crippen molar-refractivity contribution in [3.63, 3.8) is 0 Å². The van der Waals surface area contributed by atoms with Gasteiger partial charge in [-0.3, -0.25) is 0 Å². The fraction of sp³-hybridized carbons (Fsp3) is 0.333. The lowest BCUT2D eigenvalue weighted by Gasteiger charge is -2.13. The van der Waals surface area contributed by atoms with Gasteiger partial charge in [-0.25, -0.2) is 9.50 Å². The number of fused-ring (bicyclic) bond motifs is 1. The molecule has 0 bridgehead atoms. The van der Waals surface area contributed by atoms with Crippen LogP contribution in [-0.4, -0.2) is 31.9 Å². The molecular weight excluding hydrogens is 288 g/mol. The van der Waals surface area contributed by atoms with Crippen LogP contribution in [0.3, 0.4) is 0 Å². The predicted octanol–water partition coefficient (Wildman–Crippen LogP) is 3.03. The number of anilines is 1. The number of benzene rings is 1. The van der Waals surface area contributed by atoms with Crippen molar-refractivity contribution in [1.29, 1.82) is 0 Å².